The van der Waals surface area contributed by atoms with E-state index in [-0.39, 0.29) is 0 Å². The topological polar surface area (TPSA) is 46.0 Å². The zero-order valence-electron chi connectivity index (χ0n) is 16.3. The molecule has 2 heterocycles. The van der Waals surface area contributed by atoms with Gasteiger partial charge in [-0.15, -0.1) is 11.3 Å². The fraction of sp³-hybridized carbons (Fsp3) is 0.667. The lowest BCUT2D eigenvalue weighted by Gasteiger charge is -2.20. The third-order valence-corrected chi connectivity index (χ3v) is 5.36. The molecule has 0 aliphatic heterocycles. The molecule has 0 bridgehead atoms. The number of anilines is 1. The molecule has 2 aromatic heterocycles. The molecule has 0 fully saturated rings. The lowest BCUT2D eigenvalue weighted by atomic mass is 10.2. The number of rotatable bonds is 7. The monoisotopic (exact) mass is 349 g/mol. The van der Waals surface area contributed by atoms with E-state index in [1.54, 1.807) is 11.3 Å². The molecule has 5 nitrogen and oxygen atoms in total. The summed E-state index contributed by atoms with van der Waals surface area (Å²) in [6, 6.07) is 0.291. The zero-order chi connectivity index (χ0) is 18.0. The van der Waals surface area contributed by atoms with Gasteiger partial charge in [-0.25, -0.2) is 9.67 Å². The van der Waals surface area contributed by atoms with Gasteiger partial charge < -0.3 is 10.2 Å². The van der Waals surface area contributed by atoms with Crippen LogP contribution in [0, 0.1) is 26.7 Å². The minimum absolute atomic E-state index is 0.291. The summed E-state index contributed by atoms with van der Waals surface area (Å²) in [5.41, 5.74) is 3.53. The number of nitrogens with zero attached hydrogens (tertiary/aromatic N) is 4. The van der Waals surface area contributed by atoms with Crippen LogP contribution in [0.1, 0.15) is 53.6 Å². The van der Waals surface area contributed by atoms with E-state index in [9.17, 15) is 0 Å². The van der Waals surface area contributed by atoms with Crippen LogP contribution in [0.15, 0.2) is 0 Å². The van der Waals surface area contributed by atoms with Crippen LogP contribution in [-0.4, -0.2) is 28.9 Å². The van der Waals surface area contributed by atoms with Crippen molar-refractivity contribution in [3.8, 4) is 0 Å². The summed E-state index contributed by atoms with van der Waals surface area (Å²) in [6.45, 7) is 14.7. The molecule has 1 N–H and O–H groups in total. The Hall–Kier alpha value is -1.40. The van der Waals surface area contributed by atoms with Gasteiger partial charge in [0, 0.05) is 43.7 Å². The average molecular weight is 350 g/mol. The summed E-state index contributed by atoms with van der Waals surface area (Å²) in [7, 11) is 4.19. The predicted molar refractivity (Wildman–Crippen MR) is 103 cm³/mol. The van der Waals surface area contributed by atoms with E-state index in [0.717, 1.165) is 29.5 Å². The minimum Gasteiger partial charge on any atom is -0.363 e. The third-order valence-electron chi connectivity index (χ3n) is 4.10. The van der Waals surface area contributed by atoms with Crippen LogP contribution in [-0.2, 0) is 13.1 Å². The minimum atomic E-state index is 0.291. The smallest absolute Gasteiger partial charge is 0.131 e. The highest BCUT2D eigenvalue weighted by Crippen LogP contribution is 2.27. The first-order valence-electron chi connectivity index (χ1n) is 8.61. The van der Waals surface area contributed by atoms with Gasteiger partial charge in [0.25, 0.3) is 0 Å². The van der Waals surface area contributed by atoms with Crippen LogP contribution >= 0.6 is 11.3 Å². The molecular weight excluding hydrogens is 318 g/mol. The highest BCUT2D eigenvalue weighted by Gasteiger charge is 2.19. The standard InChI is InChI=1S/C18H31N5S/c1-11(2)10-23-18(22(7)8)16(12(3)21-23)9-19-13(4)17-14(5)20-15(6)24-17/h11,13,19H,9-10H2,1-8H3/t13-/m0/s1. The molecule has 1 atom stereocenters. The fourth-order valence-electron chi connectivity index (χ4n) is 3.08. The van der Waals surface area contributed by atoms with Gasteiger partial charge in [-0.1, -0.05) is 13.8 Å². The van der Waals surface area contributed by atoms with E-state index in [1.807, 2.05) is 0 Å². The second-order valence-electron chi connectivity index (χ2n) is 7.14. The van der Waals surface area contributed by atoms with E-state index in [1.165, 1.54) is 16.3 Å². The maximum atomic E-state index is 4.77. The van der Waals surface area contributed by atoms with Crippen LogP contribution in [0.5, 0.6) is 0 Å². The molecule has 0 radical (unpaired) electrons. The SMILES string of the molecule is Cc1nc(C)c([C@H](C)NCc2c(C)nn(CC(C)C)c2N(C)C)s1. The highest BCUT2D eigenvalue weighted by molar-refractivity contribution is 7.11. The largest absolute Gasteiger partial charge is 0.363 e. The van der Waals surface area contributed by atoms with Crippen LogP contribution in [0.2, 0.25) is 0 Å². The quantitative estimate of drug-likeness (QED) is 0.825. The number of thiazole rings is 1. The van der Waals surface area contributed by atoms with Gasteiger partial charge >= 0.3 is 0 Å². The third kappa shape index (κ3) is 4.16. The Morgan fingerprint density at radius 2 is 1.79 bits per heavy atom. The molecule has 134 valence electrons. The predicted octanol–water partition coefficient (Wildman–Crippen LogP) is 3.84. The Labute approximate surface area is 150 Å². The lowest BCUT2D eigenvalue weighted by Crippen LogP contribution is -2.22. The van der Waals surface area contributed by atoms with Gasteiger partial charge in [0.1, 0.15) is 5.82 Å². The van der Waals surface area contributed by atoms with E-state index in [2.05, 4.69) is 75.5 Å². The first-order chi connectivity index (χ1) is 11.2. The van der Waals surface area contributed by atoms with Crippen molar-refractivity contribution >= 4 is 17.2 Å². The molecule has 0 spiro atoms. The van der Waals surface area contributed by atoms with Crippen molar-refractivity contribution in [3.63, 3.8) is 0 Å². The molecule has 0 aromatic carbocycles. The van der Waals surface area contributed by atoms with E-state index in [0.29, 0.717) is 12.0 Å². The summed E-state index contributed by atoms with van der Waals surface area (Å²) < 4.78 is 2.14. The Morgan fingerprint density at radius 3 is 2.29 bits per heavy atom. The van der Waals surface area contributed by atoms with Crippen molar-refractivity contribution < 1.29 is 0 Å². The Kier molecular flexibility index (Phi) is 6.04. The van der Waals surface area contributed by atoms with Crippen LogP contribution < -0.4 is 10.2 Å². The Morgan fingerprint density at radius 1 is 1.12 bits per heavy atom. The zero-order valence-corrected chi connectivity index (χ0v) is 17.1. The summed E-state index contributed by atoms with van der Waals surface area (Å²) in [5, 5.41) is 9.56. The van der Waals surface area contributed by atoms with Gasteiger partial charge in [-0.3, -0.25) is 0 Å². The van der Waals surface area contributed by atoms with Gasteiger partial charge in [0.2, 0.25) is 0 Å². The molecule has 0 aliphatic carbocycles. The van der Waals surface area contributed by atoms with Crippen molar-refractivity contribution in [3.05, 3.63) is 26.8 Å². The molecule has 0 amide bonds. The second kappa shape index (κ2) is 7.66. The van der Waals surface area contributed by atoms with Crippen molar-refractivity contribution in [2.24, 2.45) is 5.92 Å². The van der Waals surface area contributed by atoms with Gasteiger partial charge in [0.15, 0.2) is 0 Å². The van der Waals surface area contributed by atoms with Crippen LogP contribution in [0.3, 0.4) is 0 Å². The van der Waals surface area contributed by atoms with Crippen molar-refractivity contribution in [1.29, 1.82) is 0 Å². The van der Waals surface area contributed by atoms with Crippen molar-refractivity contribution in [1.82, 2.24) is 20.1 Å². The maximum absolute atomic E-state index is 4.77. The Bertz CT molecular complexity index is 684. The number of nitrogens with one attached hydrogen (secondary N) is 1. The second-order valence-corrected chi connectivity index (χ2v) is 8.38. The van der Waals surface area contributed by atoms with E-state index in [4.69, 9.17) is 5.10 Å². The molecule has 0 unspecified atom stereocenters. The van der Waals surface area contributed by atoms with Gasteiger partial charge in [0.05, 0.1) is 16.4 Å². The summed E-state index contributed by atoms with van der Waals surface area (Å²) >= 11 is 1.78. The maximum Gasteiger partial charge on any atom is 0.131 e. The average Bonchev–Trinajstić information content (AvgIpc) is 2.94. The fourth-order valence-corrected chi connectivity index (χ4v) is 4.04. The molecule has 24 heavy (non-hydrogen) atoms. The van der Waals surface area contributed by atoms with Crippen LogP contribution in [0.25, 0.3) is 0 Å². The molecule has 2 aromatic rings. The summed E-state index contributed by atoms with van der Waals surface area (Å²) in [5.74, 6) is 1.78. The number of hydrogen-bond acceptors (Lipinski definition) is 5. The van der Waals surface area contributed by atoms with Gasteiger partial charge in [-0.05, 0) is 33.6 Å². The molecule has 2 rings (SSSR count). The molecule has 0 saturated carbocycles. The first-order valence-corrected chi connectivity index (χ1v) is 9.43. The summed E-state index contributed by atoms with van der Waals surface area (Å²) in [4.78, 5) is 8.04. The van der Waals surface area contributed by atoms with Crippen molar-refractivity contribution in [2.75, 3.05) is 19.0 Å². The molecule has 6 heteroatoms. The Balaban J connectivity index is 2.20. The number of hydrogen-bond donors (Lipinski definition) is 1. The van der Waals surface area contributed by atoms with Crippen molar-refractivity contribution in [2.45, 2.75) is 60.7 Å². The molecule has 0 saturated heterocycles. The molecular formula is C18H31N5S. The van der Waals surface area contributed by atoms with E-state index >= 15 is 0 Å². The number of aryl methyl sites for hydroxylation is 3. The highest BCUT2D eigenvalue weighted by atomic mass is 32.1. The van der Waals surface area contributed by atoms with Crippen LogP contribution in [0.4, 0.5) is 5.82 Å². The summed E-state index contributed by atoms with van der Waals surface area (Å²) in [6.07, 6.45) is 0. The molecule has 0 aliphatic rings. The first kappa shape index (κ1) is 18.9. The van der Waals surface area contributed by atoms with Gasteiger partial charge in [-0.2, -0.15) is 5.10 Å². The normalized spacial score (nSPS) is 12.9. The lowest BCUT2D eigenvalue weighted by molar-refractivity contribution is 0.481. The van der Waals surface area contributed by atoms with E-state index < -0.39 is 0 Å². The number of aromatic nitrogens is 3.